The number of nitrogens with zero attached hydrogens (tertiary/aromatic N) is 2. The quantitative estimate of drug-likeness (QED) is 0.487. The van der Waals surface area contributed by atoms with Crippen molar-refractivity contribution >= 4 is 22.7 Å². The van der Waals surface area contributed by atoms with Gasteiger partial charge in [0.15, 0.2) is 5.69 Å². The molecular formula is C21H16N2. The molecule has 2 nitrogen and oxygen atoms in total. The molecular weight excluding hydrogens is 280 g/mol. The number of hydrogen-bond acceptors (Lipinski definition) is 1. The molecule has 1 aliphatic heterocycles. The van der Waals surface area contributed by atoms with Crippen molar-refractivity contribution in [3.63, 3.8) is 0 Å². The number of para-hydroxylation sites is 2. The van der Waals surface area contributed by atoms with E-state index in [0.29, 0.717) is 11.6 Å². The third-order valence-electron chi connectivity index (χ3n) is 4.53. The lowest BCUT2D eigenvalue weighted by Crippen LogP contribution is -2.20. The van der Waals surface area contributed by atoms with E-state index in [4.69, 9.17) is 6.57 Å². The molecule has 3 aromatic rings. The maximum absolute atomic E-state index is 7.13. The van der Waals surface area contributed by atoms with Crippen LogP contribution in [0.5, 0.6) is 0 Å². The van der Waals surface area contributed by atoms with Crippen molar-refractivity contribution in [3.8, 4) is 0 Å². The van der Waals surface area contributed by atoms with Crippen molar-refractivity contribution in [1.29, 1.82) is 0 Å². The lowest BCUT2D eigenvalue weighted by atomic mass is 9.86. The second kappa shape index (κ2) is 5.30. The van der Waals surface area contributed by atoms with Crippen LogP contribution in [0.2, 0.25) is 0 Å². The van der Waals surface area contributed by atoms with Crippen LogP contribution in [0.4, 0.5) is 22.7 Å². The van der Waals surface area contributed by atoms with E-state index in [1.807, 2.05) is 24.3 Å². The average molecular weight is 296 g/mol. The second-order valence-corrected chi connectivity index (χ2v) is 5.80. The van der Waals surface area contributed by atoms with Crippen LogP contribution in [-0.2, 0) is 0 Å². The SMILES string of the molecule is [C-]#[N+]c1ccc(N2c3ccccc3C(C)c3ccccc32)cc1. The highest BCUT2D eigenvalue weighted by Gasteiger charge is 2.27. The summed E-state index contributed by atoms with van der Waals surface area (Å²) in [5.41, 5.74) is 6.86. The Kier molecular flexibility index (Phi) is 3.13. The van der Waals surface area contributed by atoms with Crippen LogP contribution in [-0.4, -0.2) is 0 Å². The van der Waals surface area contributed by atoms with Gasteiger partial charge in [0.05, 0.1) is 6.57 Å². The Morgan fingerprint density at radius 1 is 0.783 bits per heavy atom. The Bertz CT molecular complexity index is 856. The molecule has 0 N–H and O–H groups in total. The molecule has 0 radical (unpaired) electrons. The summed E-state index contributed by atoms with van der Waals surface area (Å²) in [6.45, 7) is 9.39. The van der Waals surface area contributed by atoms with Gasteiger partial charge in [-0.25, -0.2) is 4.85 Å². The summed E-state index contributed by atoms with van der Waals surface area (Å²) in [4.78, 5) is 5.78. The standard InChI is InChI=1S/C21H16N2/c1-15-18-7-3-5-9-20(18)23(21-10-6-4-8-19(15)21)17-13-11-16(22-2)12-14-17/h3-15H,1H3. The van der Waals surface area contributed by atoms with E-state index in [1.54, 1.807) is 0 Å². The largest absolute Gasteiger partial charge is 0.310 e. The molecule has 110 valence electrons. The van der Waals surface area contributed by atoms with Gasteiger partial charge in [-0.2, -0.15) is 0 Å². The first kappa shape index (κ1) is 13.6. The van der Waals surface area contributed by atoms with E-state index in [0.717, 1.165) is 5.69 Å². The fourth-order valence-corrected chi connectivity index (χ4v) is 3.37. The van der Waals surface area contributed by atoms with Gasteiger partial charge in [0.1, 0.15) is 0 Å². The molecule has 0 saturated heterocycles. The van der Waals surface area contributed by atoms with Crippen molar-refractivity contribution in [2.24, 2.45) is 0 Å². The highest BCUT2D eigenvalue weighted by molar-refractivity contribution is 5.84. The van der Waals surface area contributed by atoms with Gasteiger partial charge in [-0.05, 0) is 35.4 Å². The summed E-state index contributed by atoms with van der Waals surface area (Å²) in [6.07, 6.45) is 0. The molecule has 4 rings (SSSR count). The molecule has 0 bridgehead atoms. The normalized spacial score (nSPS) is 13.1. The van der Waals surface area contributed by atoms with Crippen LogP contribution in [0.1, 0.15) is 24.0 Å². The minimum atomic E-state index is 0.376. The predicted molar refractivity (Wildman–Crippen MR) is 94.9 cm³/mol. The Labute approximate surface area is 136 Å². The molecule has 0 saturated carbocycles. The van der Waals surface area contributed by atoms with E-state index in [2.05, 4.69) is 65.2 Å². The summed E-state index contributed by atoms with van der Waals surface area (Å²) in [5.74, 6) is 0.376. The van der Waals surface area contributed by atoms with E-state index in [1.165, 1.54) is 22.5 Å². The molecule has 0 fully saturated rings. The van der Waals surface area contributed by atoms with Crippen LogP contribution in [0.3, 0.4) is 0 Å². The van der Waals surface area contributed by atoms with Crippen molar-refractivity contribution in [2.45, 2.75) is 12.8 Å². The Balaban J connectivity index is 1.95. The number of rotatable bonds is 1. The van der Waals surface area contributed by atoms with Crippen LogP contribution in [0.25, 0.3) is 4.85 Å². The van der Waals surface area contributed by atoms with E-state index in [-0.39, 0.29) is 0 Å². The zero-order valence-corrected chi connectivity index (χ0v) is 12.9. The fraction of sp³-hybridized carbons (Fsp3) is 0.0952. The molecule has 0 amide bonds. The summed E-state index contributed by atoms with van der Waals surface area (Å²) in [6, 6.07) is 24.9. The highest BCUT2D eigenvalue weighted by Crippen LogP contribution is 2.48. The van der Waals surface area contributed by atoms with Gasteiger partial charge in [0.2, 0.25) is 0 Å². The Morgan fingerprint density at radius 3 is 1.83 bits per heavy atom. The molecule has 0 aliphatic carbocycles. The molecule has 2 heteroatoms. The zero-order valence-electron chi connectivity index (χ0n) is 12.9. The smallest absolute Gasteiger partial charge is 0.187 e. The maximum atomic E-state index is 7.13. The molecule has 1 aliphatic rings. The van der Waals surface area contributed by atoms with Gasteiger partial charge < -0.3 is 4.90 Å². The average Bonchev–Trinajstić information content (AvgIpc) is 2.63. The fourth-order valence-electron chi connectivity index (χ4n) is 3.37. The topological polar surface area (TPSA) is 7.60 Å². The number of anilines is 3. The summed E-state index contributed by atoms with van der Waals surface area (Å²) in [5, 5.41) is 0. The first-order chi connectivity index (χ1) is 11.3. The number of hydrogen-bond donors (Lipinski definition) is 0. The van der Waals surface area contributed by atoms with E-state index in [9.17, 15) is 0 Å². The van der Waals surface area contributed by atoms with Gasteiger partial charge >= 0.3 is 0 Å². The zero-order chi connectivity index (χ0) is 15.8. The van der Waals surface area contributed by atoms with Gasteiger partial charge in [0, 0.05) is 23.0 Å². The van der Waals surface area contributed by atoms with Crippen LogP contribution in [0, 0.1) is 6.57 Å². The van der Waals surface area contributed by atoms with Crippen molar-refractivity contribution < 1.29 is 0 Å². The van der Waals surface area contributed by atoms with Crippen molar-refractivity contribution in [3.05, 3.63) is 95.3 Å². The van der Waals surface area contributed by atoms with Crippen LogP contribution >= 0.6 is 0 Å². The van der Waals surface area contributed by atoms with Gasteiger partial charge in [-0.3, -0.25) is 0 Å². The first-order valence-electron chi connectivity index (χ1n) is 7.75. The molecule has 0 aromatic heterocycles. The lowest BCUT2D eigenvalue weighted by Gasteiger charge is -2.36. The number of fused-ring (bicyclic) bond motifs is 2. The van der Waals surface area contributed by atoms with Gasteiger partial charge in [0.25, 0.3) is 0 Å². The molecule has 0 spiro atoms. The summed E-state index contributed by atoms with van der Waals surface area (Å²) in [7, 11) is 0. The monoisotopic (exact) mass is 296 g/mol. The molecule has 23 heavy (non-hydrogen) atoms. The second-order valence-electron chi connectivity index (χ2n) is 5.80. The van der Waals surface area contributed by atoms with Crippen LogP contribution in [0.15, 0.2) is 72.8 Å². The molecule has 0 unspecified atom stereocenters. The highest BCUT2D eigenvalue weighted by atomic mass is 15.2. The summed E-state index contributed by atoms with van der Waals surface area (Å²) < 4.78 is 0. The van der Waals surface area contributed by atoms with Crippen LogP contribution < -0.4 is 4.90 Å². The summed E-state index contributed by atoms with van der Waals surface area (Å²) >= 11 is 0. The third kappa shape index (κ3) is 2.10. The predicted octanol–water partition coefficient (Wildman–Crippen LogP) is 6.17. The van der Waals surface area contributed by atoms with E-state index >= 15 is 0 Å². The minimum absolute atomic E-state index is 0.376. The third-order valence-corrected chi connectivity index (χ3v) is 4.53. The maximum Gasteiger partial charge on any atom is 0.187 e. The Hall–Kier alpha value is -3.05. The van der Waals surface area contributed by atoms with Crippen molar-refractivity contribution in [2.75, 3.05) is 4.90 Å². The molecule has 3 aromatic carbocycles. The van der Waals surface area contributed by atoms with Crippen molar-refractivity contribution in [1.82, 2.24) is 0 Å². The van der Waals surface area contributed by atoms with Gasteiger partial charge in [-0.15, -0.1) is 0 Å². The van der Waals surface area contributed by atoms with E-state index < -0.39 is 0 Å². The first-order valence-corrected chi connectivity index (χ1v) is 7.75. The molecule has 1 heterocycles. The number of benzene rings is 3. The molecule has 0 atom stereocenters. The Morgan fingerprint density at radius 2 is 1.30 bits per heavy atom. The van der Waals surface area contributed by atoms with Gasteiger partial charge in [-0.1, -0.05) is 55.5 Å². The lowest BCUT2D eigenvalue weighted by molar-refractivity contribution is 0.892. The minimum Gasteiger partial charge on any atom is -0.310 e.